The normalized spacial score (nSPS) is 18.1. The third kappa shape index (κ3) is 3.32. The minimum Gasteiger partial charge on any atom is -0.310 e. The van der Waals surface area contributed by atoms with Gasteiger partial charge in [-0.1, -0.05) is 44.5 Å². The molecule has 1 nitrogen and oxygen atoms in total. The van der Waals surface area contributed by atoms with E-state index in [1.807, 2.05) is 0 Å². The van der Waals surface area contributed by atoms with Crippen LogP contribution in [0.3, 0.4) is 0 Å². The molecule has 0 heterocycles. The second-order valence-corrected chi connectivity index (χ2v) is 5.76. The Morgan fingerprint density at radius 3 is 2.24 bits per heavy atom. The summed E-state index contributed by atoms with van der Waals surface area (Å²) in [6.07, 6.45) is 4.26. The predicted molar refractivity (Wildman–Crippen MR) is 74.2 cm³/mol. The number of hydrogen-bond donors (Lipinski definition) is 1. The van der Waals surface area contributed by atoms with Gasteiger partial charge >= 0.3 is 0 Å². The van der Waals surface area contributed by atoms with Gasteiger partial charge in [-0.15, -0.1) is 0 Å². The van der Waals surface area contributed by atoms with E-state index >= 15 is 0 Å². The first-order valence-corrected chi connectivity index (χ1v) is 6.99. The number of benzene rings is 1. The van der Waals surface area contributed by atoms with Crippen molar-refractivity contribution in [3.8, 4) is 0 Å². The summed E-state index contributed by atoms with van der Waals surface area (Å²) in [5.74, 6) is 1.55. The molecule has 0 saturated heterocycles. The molecule has 1 saturated carbocycles. The lowest BCUT2D eigenvalue weighted by Gasteiger charge is -2.32. The zero-order chi connectivity index (χ0) is 12.3. The van der Waals surface area contributed by atoms with Crippen LogP contribution in [-0.4, -0.2) is 6.04 Å². The van der Waals surface area contributed by atoms with E-state index in [4.69, 9.17) is 0 Å². The van der Waals surface area contributed by atoms with E-state index in [9.17, 15) is 0 Å². The summed E-state index contributed by atoms with van der Waals surface area (Å²) < 4.78 is 0. The first-order valence-electron chi connectivity index (χ1n) is 6.99. The van der Waals surface area contributed by atoms with Crippen LogP contribution in [0.1, 0.15) is 57.1 Å². The van der Waals surface area contributed by atoms with Crippen molar-refractivity contribution in [2.75, 3.05) is 0 Å². The van der Waals surface area contributed by atoms with Crippen LogP contribution in [0.4, 0.5) is 0 Å². The van der Waals surface area contributed by atoms with Crippen LogP contribution in [0.15, 0.2) is 24.3 Å². The highest BCUT2D eigenvalue weighted by Gasteiger charge is 2.23. The topological polar surface area (TPSA) is 12.0 Å². The molecular formula is C16H25N. The second-order valence-electron chi connectivity index (χ2n) is 5.76. The lowest BCUT2D eigenvalue weighted by molar-refractivity contribution is 0.240. The van der Waals surface area contributed by atoms with Crippen molar-refractivity contribution in [1.82, 2.24) is 5.32 Å². The lowest BCUT2D eigenvalue weighted by atomic mass is 9.80. The first kappa shape index (κ1) is 12.6. The molecule has 0 amide bonds. The third-order valence-corrected chi connectivity index (χ3v) is 4.13. The molecule has 1 unspecified atom stereocenters. The van der Waals surface area contributed by atoms with Crippen LogP contribution in [0.25, 0.3) is 0 Å². The maximum atomic E-state index is 3.65. The van der Waals surface area contributed by atoms with Gasteiger partial charge in [-0.25, -0.2) is 0 Å². The summed E-state index contributed by atoms with van der Waals surface area (Å²) in [6.45, 7) is 7.82. The minimum absolute atomic E-state index is 0.630. The van der Waals surface area contributed by atoms with E-state index in [1.54, 1.807) is 0 Å². The average molecular weight is 231 g/mol. The molecule has 1 fully saturated rings. The first-order chi connectivity index (χ1) is 8.16. The SMILES string of the molecule is CC(C)c1ccc(CNC(C)C2CCC2)cc1. The lowest BCUT2D eigenvalue weighted by Crippen LogP contribution is -2.36. The van der Waals surface area contributed by atoms with E-state index in [1.165, 1.54) is 30.4 Å². The van der Waals surface area contributed by atoms with Gasteiger partial charge in [-0.2, -0.15) is 0 Å². The van der Waals surface area contributed by atoms with Crippen LogP contribution in [0.5, 0.6) is 0 Å². The van der Waals surface area contributed by atoms with E-state index < -0.39 is 0 Å². The fourth-order valence-electron chi connectivity index (χ4n) is 2.41. The van der Waals surface area contributed by atoms with Crippen LogP contribution in [0.2, 0.25) is 0 Å². The van der Waals surface area contributed by atoms with Crippen molar-refractivity contribution in [2.24, 2.45) is 5.92 Å². The quantitative estimate of drug-likeness (QED) is 0.805. The van der Waals surface area contributed by atoms with Gasteiger partial charge in [0.1, 0.15) is 0 Å². The minimum atomic E-state index is 0.630. The molecule has 94 valence electrons. The van der Waals surface area contributed by atoms with Crippen molar-refractivity contribution in [1.29, 1.82) is 0 Å². The standard InChI is InChI=1S/C16H25N/c1-12(2)15-9-7-14(8-10-15)11-17-13(3)16-5-4-6-16/h7-10,12-13,16-17H,4-6,11H2,1-3H3. The van der Waals surface area contributed by atoms with Gasteiger partial charge in [0.25, 0.3) is 0 Å². The van der Waals surface area contributed by atoms with Gasteiger partial charge < -0.3 is 5.32 Å². The van der Waals surface area contributed by atoms with Crippen LogP contribution in [0, 0.1) is 5.92 Å². The molecule has 1 aliphatic rings. The van der Waals surface area contributed by atoms with Gasteiger partial charge in [0.05, 0.1) is 0 Å². The molecule has 1 N–H and O–H groups in total. The monoisotopic (exact) mass is 231 g/mol. The Labute approximate surface area is 106 Å². The Hall–Kier alpha value is -0.820. The summed E-state index contributed by atoms with van der Waals surface area (Å²) in [7, 11) is 0. The maximum absolute atomic E-state index is 3.65. The Morgan fingerprint density at radius 1 is 1.12 bits per heavy atom. The summed E-state index contributed by atoms with van der Waals surface area (Å²) in [6, 6.07) is 9.71. The van der Waals surface area contributed by atoms with Gasteiger partial charge in [-0.05, 0) is 42.7 Å². The number of hydrogen-bond acceptors (Lipinski definition) is 1. The molecule has 1 heteroatoms. The predicted octanol–water partition coefficient (Wildman–Crippen LogP) is 4.09. The highest BCUT2D eigenvalue weighted by atomic mass is 14.9. The van der Waals surface area contributed by atoms with Crippen LogP contribution < -0.4 is 5.32 Å². The zero-order valence-electron chi connectivity index (χ0n) is 11.4. The van der Waals surface area contributed by atoms with E-state index in [0.29, 0.717) is 12.0 Å². The molecule has 0 bridgehead atoms. The highest BCUT2D eigenvalue weighted by molar-refractivity contribution is 5.24. The molecule has 0 spiro atoms. The molecule has 0 aromatic heterocycles. The van der Waals surface area contributed by atoms with Crippen molar-refractivity contribution in [3.05, 3.63) is 35.4 Å². The molecule has 1 aliphatic carbocycles. The summed E-state index contributed by atoms with van der Waals surface area (Å²) in [5, 5.41) is 3.65. The third-order valence-electron chi connectivity index (χ3n) is 4.13. The van der Waals surface area contributed by atoms with E-state index in [2.05, 4.69) is 50.4 Å². The van der Waals surface area contributed by atoms with Crippen molar-refractivity contribution in [2.45, 2.75) is 58.5 Å². The van der Waals surface area contributed by atoms with E-state index in [-0.39, 0.29) is 0 Å². The van der Waals surface area contributed by atoms with Crippen molar-refractivity contribution in [3.63, 3.8) is 0 Å². The second kappa shape index (κ2) is 5.68. The summed E-state index contributed by atoms with van der Waals surface area (Å²) in [4.78, 5) is 0. The fourth-order valence-corrected chi connectivity index (χ4v) is 2.41. The summed E-state index contributed by atoms with van der Waals surface area (Å²) >= 11 is 0. The van der Waals surface area contributed by atoms with Crippen LogP contribution >= 0.6 is 0 Å². The van der Waals surface area contributed by atoms with Crippen LogP contribution in [-0.2, 0) is 6.54 Å². The van der Waals surface area contributed by atoms with Gasteiger partial charge in [0.15, 0.2) is 0 Å². The molecular weight excluding hydrogens is 206 g/mol. The fraction of sp³-hybridized carbons (Fsp3) is 0.625. The van der Waals surface area contributed by atoms with Gasteiger partial charge in [0, 0.05) is 12.6 Å². The number of rotatable bonds is 5. The highest BCUT2D eigenvalue weighted by Crippen LogP contribution is 2.29. The van der Waals surface area contributed by atoms with E-state index in [0.717, 1.165) is 12.5 Å². The molecule has 2 rings (SSSR count). The average Bonchev–Trinajstić information content (AvgIpc) is 2.24. The Morgan fingerprint density at radius 2 is 1.76 bits per heavy atom. The smallest absolute Gasteiger partial charge is 0.0208 e. The molecule has 1 aromatic rings. The zero-order valence-corrected chi connectivity index (χ0v) is 11.4. The van der Waals surface area contributed by atoms with Gasteiger partial charge in [0.2, 0.25) is 0 Å². The Kier molecular flexibility index (Phi) is 4.22. The molecule has 0 aliphatic heterocycles. The molecule has 17 heavy (non-hydrogen) atoms. The number of nitrogens with one attached hydrogen (secondary N) is 1. The Bertz CT molecular complexity index is 335. The largest absolute Gasteiger partial charge is 0.310 e. The van der Waals surface area contributed by atoms with Gasteiger partial charge in [-0.3, -0.25) is 0 Å². The molecule has 1 aromatic carbocycles. The van der Waals surface area contributed by atoms with Crippen molar-refractivity contribution < 1.29 is 0 Å². The Balaban J connectivity index is 1.82. The maximum Gasteiger partial charge on any atom is 0.0208 e. The van der Waals surface area contributed by atoms with Crippen molar-refractivity contribution >= 4 is 0 Å². The molecule has 0 radical (unpaired) electrons. The summed E-state index contributed by atoms with van der Waals surface area (Å²) in [5.41, 5.74) is 2.83. The molecule has 1 atom stereocenters.